The number of nitro benzene ring substituents is 1. The highest BCUT2D eigenvalue weighted by molar-refractivity contribution is 7.89. The number of primary sulfonamides is 1. The van der Waals surface area contributed by atoms with Crippen molar-refractivity contribution >= 4 is 38.8 Å². The molecule has 0 saturated carbocycles. The van der Waals surface area contributed by atoms with Gasteiger partial charge in [-0.1, -0.05) is 12.1 Å². The van der Waals surface area contributed by atoms with E-state index in [2.05, 4.69) is 10.2 Å². The summed E-state index contributed by atoms with van der Waals surface area (Å²) in [5.41, 5.74) is 2.30. The van der Waals surface area contributed by atoms with Gasteiger partial charge in [0.25, 0.3) is 5.69 Å². The summed E-state index contributed by atoms with van der Waals surface area (Å²) in [6.45, 7) is 10.5. The van der Waals surface area contributed by atoms with Crippen molar-refractivity contribution in [3.8, 4) is 17.6 Å². The van der Waals surface area contributed by atoms with Crippen molar-refractivity contribution in [3.05, 3.63) is 92.8 Å². The van der Waals surface area contributed by atoms with Crippen LogP contribution in [0.1, 0.15) is 16.7 Å². The van der Waals surface area contributed by atoms with Gasteiger partial charge in [-0.3, -0.25) is 10.1 Å². The van der Waals surface area contributed by atoms with Crippen LogP contribution in [0, 0.1) is 41.9 Å². The van der Waals surface area contributed by atoms with E-state index in [1.54, 1.807) is 44.2 Å². The maximum absolute atomic E-state index is 12.3. The molecule has 10 nitrogen and oxygen atoms in total. The molecule has 3 N–H and O–H groups in total. The van der Waals surface area contributed by atoms with Crippen LogP contribution >= 0.6 is 0 Å². The Bertz CT molecular complexity index is 1510. The van der Waals surface area contributed by atoms with Gasteiger partial charge < -0.3 is 10.1 Å². The molecule has 3 aromatic rings. The van der Waals surface area contributed by atoms with Gasteiger partial charge in [0.15, 0.2) is 5.69 Å². The molecule has 0 heterocycles. The number of hydrogen-bond donors (Lipinski definition) is 2. The fourth-order valence-corrected chi connectivity index (χ4v) is 4.02. The Morgan fingerprint density at radius 3 is 2.31 bits per heavy atom. The molecule has 0 aromatic heterocycles. The largest absolute Gasteiger partial charge is 0.455 e. The molecule has 3 rings (SSSR count). The lowest BCUT2D eigenvalue weighted by Gasteiger charge is -2.17. The minimum Gasteiger partial charge on any atom is -0.455 e. The molecule has 176 valence electrons. The van der Waals surface area contributed by atoms with Crippen LogP contribution in [-0.4, -0.2) is 13.3 Å². The van der Waals surface area contributed by atoms with Crippen LogP contribution in [0.4, 0.5) is 22.7 Å². The van der Waals surface area contributed by atoms with Crippen molar-refractivity contribution < 1.29 is 18.1 Å². The van der Waals surface area contributed by atoms with Crippen LogP contribution < -0.4 is 15.2 Å². The number of ether oxygens (including phenoxy) is 1. The minimum absolute atomic E-state index is 0.0307. The quantitative estimate of drug-likeness (QED) is 0.193. The number of sulfonamides is 1. The van der Waals surface area contributed by atoms with Crippen molar-refractivity contribution in [1.82, 2.24) is 0 Å². The first-order chi connectivity index (χ1) is 16.5. The number of allylic oxidation sites excluding steroid dienone is 1. The summed E-state index contributed by atoms with van der Waals surface area (Å²) in [5, 5.41) is 28.7. The molecule has 0 aliphatic carbocycles. The van der Waals surface area contributed by atoms with Crippen LogP contribution in [0.15, 0.2) is 59.5 Å². The number of anilines is 2. The van der Waals surface area contributed by atoms with Gasteiger partial charge in [0.05, 0.1) is 17.6 Å². The van der Waals surface area contributed by atoms with Gasteiger partial charge in [-0.05, 0) is 60.9 Å². The lowest BCUT2D eigenvalue weighted by Crippen LogP contribution is -2.14. The fourth-order valence-electron chi connectivity index (χ4n) is 3.36. The van der Waals surface area contributed by atoms with E-state index in [4.69, 9.17) is 21.7 Å². The molecule has 0 spiro atoms. The molecule has 0 atom stereocenters. The first kappa shape index (κ1) is 24.9. The molecular weight excluding hydrogens is 470 g/mol. The summed E-state index contributed by atoms with van der Waals surface area (Å²) in [5.74, 6) is 0.134. The normalized spacial score (nSPS) is 11.0. The summed E-state index contributed by atoms with van der Waals surface area (Å²) < 4.78 is 30.5. The maximum Gasteiger partial charge on any atom is 0.294 e. The number of aryl methyl sites for hydroxylation is 2. The van der Waals surface area contributed by atoms with E-state index in [-0.39, 0.29) is 11.4 Å². The molecule has 35 heavy (non-hydrogen) atoms. The van der Waals surface area contributed by atoms with Gasteiger partial charge in [0, 0.05) is 23.9 Å². The Labute approximate surface area is 201 Å². The van der Waals surface area contributed by atoms with Crippen molar-refractivity contribution in [2.75, 3.05) is 5.32 Å². The second-order valence-corrected chi connectivity index (χ2v) is 8.98. The number of nitro groups is 1. The molecular formula is C24H19N5O5S. The Morgan fingerprint density at radius 2 is 1.80 bits per heavy atom. The first-order valence-electron chi connectivity index (χ1n) is 9.98. The van der Waals surface area contributed by atoms with E-state index < -0.39 is 25.5 Å². The number of nitrogens with one attached hydrogen (secondary N) is 1. The Hall–Kier alpha value is -4.71. The number of hydrogen-bond acceptors (Lipinski definition) is 7. The lowest BCUT2D eigenvalue weighted by molar-refractivity contribution is -0.384. The predicted molar refractivity (Wildman–Crippen MR) is 131 cm³/mol. The maximum atomic E-state index is 12.3. The Kier molecular flexibility index (Phi) is 7.16. The second-order valence-electron chi connectivity index (χ2n) is 7.45. The highest BCUT2D eigenvalue weighted by atomic mass is 32.2. The van der Waals surface area contributed by atoms with E-state index in [9.17, 15) is 18.5 Å². The second kappa shape index (κ2) is 10.1. The standard InChI is InChI=1S/C24H19N5O5S/c1-15-11-17(5-4-10-25)12-16(2)24(15)34-22-13-20(28-19-8-6-18(27-3)7-9-19)21(29(30)31)14-23(22)35(26,32)33/h4-9,11-14,28H,1-2H3,(H2,26,32,33)/b5-4+. The average molecular weight is 490 g/mol. The Balaban J connectivity index is 2.15. The van der Waals surface area contributed by atoms with Crippen LogP contribution in [0.3, 0.4) is 0 Å². The van der Waals surface area contributed by atoms with Crippen LogP contribution in [0.5, 0.6) is 11.5 Å². The van der Waals surface area contributed by atoms with Crippen molar-refractivity contribution in [2.24, 2.45) is 5.14 Å². The summed E-state index contributed by atoms with van der Waals surface area (Å²) in [4.78, 5) is 13.7. The van der Waals surface area contributed by atoms with E-state index >= 15 is 0 Å². The van der Waals surface area contributed by atoms with Gasteiger partial charge in [-0.25, -0.2) is 18.4 Å². The molecule has 0 fully saturated rings. The molecule has 0 aliphatic rings. The number of nitrogens with two attached hydrogens (primary N) is 1. The molecule has 0 bridgehead atoms. The molecule has 0 amide bonds. The summed E-state index contributed by atoms with van der Waals surface area (Å²) in [6, 6.07) is 13.6. The fraction of sp³-hybridized carbons (Fsp3) is 0.0833. The van der Waals surface area contributed by atoms with Gasteiger partial charge in [-0.2, -0.15) is 5.26 Å². The van der Waals surface area contributed by atoms with Gasteiger partial charge in [-0.15, -0.1) is 0 Å². The van der Waals surface area contributed by atoms with Crippen LogP contribution in [0.25, 0.3) is 10.9 Å². The summed E-state index contributed by atoms with van der Waals surface area (Å²) in [7, 11) is -4.39. The van der Waals surface area contributed by atoms with E-state index in [1.807, 2.05) is 6.07 Å². The number of nitriles is 1. The van der Waals surface area contributed by atoms with E-state index in [0.717, 1.165) is 11.6 Å². The highest BCUT2D eigenvalue weighted by Gasteiger charge is 2.26. The zero-order valence-corrected chi connectivity index (χ0v) is 19.5. The topological polar surface area (TPSA) is 153 Å². The van der Waals surface area contributed by atoms with Crippen molar-refractivity contribution in [3.63, 3.8) is 0 Å². The Morgan fingerprint density at radius 1 is 1.17 bits per heavy atom. The number of benzene rings is 3. The lowest BCUT2D eigenvalue weighted by atomic mass is 10.1. The number of nitrogens with zero attached hydrogens (tertiary/aromatic N) is 3. The molecule has 3 aromatic carbocycles. The molecule has 0 saturated heterocycles. The SMILES string of the molecule is [C-]#[N+]c1ccc(Nc2cc(Oc3c(C)cc(/C=C/C#N)cc3C)c(S(N)(=O)=O)cc2[N+](=O)[O-])cc1. The number of rotatable bonds is 7. The zero-order chi connectivity index (χ0) is 25.8. The van der Waals surface area contributed by atoms with Crippen molar-refractivity contribution in [1.29, 1.82) is 5.26 Å². The monoisotopic (exact) mass is 489 g/mol. The highest BCUT2D eigenvalue weighted by Crippen LogP contribution is 2.40. The molecule has 0 aliphatic heterocycles. The van der Waals surface area contributed by atoms with Gasteiger partial charge in [0.1, 0.15) is 22.1 Å². The summed E-state index contributed by atoms with van der Waals surface area (Å²) in [6.07, 6.45) is 2.94. The predicted octanol–water partition coefficient (Wildman–Crippen LogP) is 5.48. The third-order valence-electron chi connectivity index (χ3n) is 4.89. The van der Waals surface area contributed by atoms with E-state index in [1.165, 1.54) is 24.3 Å². The summed E-state index contributed by atoms with van der Waals surface area (Å²) >= 11 is 0. The third kappa shape index (κ3) is 5.81. The third-order valence-corrected chi connectivity index (χ3v) is 5.82. The van der Waals surface area contributed by atoms with Crippen LogP contribution in [-0.2, 0) is 10.0 Å². The first-order valence-corrected chi connectivity index (χ1v) is 11.5. The van der Waals surface area contributed by atoms with Gasteiger partial charge in [0.2, 0.25) is 10.0 Å². The minimum atomic E-state index is -4.39. The smallest absolute Gasteiger partial charge is 0.294 e. The average Bonchev–Trinajstić information content (AvgIpc) is 2.79. The van der Waals surface area contributed by atoms with Crippen molar-refractivity contribution in [2.45, 2.75) is 18.7 Å². The van der Waals surface area contributed by atoms with Crippen LogP contribution in [0.2, 0.25) is 0 Å². The van der Waals surface area contributed by atoms with Gasteiger partial charge >= 0.3 is 0 Å². The molecule has 11 heteroatoms. The molecule has 0 radical (unpaired) electrons. The molecule has 0 unspecified atom stereocenters. The van der Waals surface area contributed by atoms with E-state index in [0.29, 0.717) is 28.3 Å². The zero-order valence-electron chi connectivity index (χ0n) is 18.6.